The van der Waals surface area contributed by atoms with Crippen LogP contribution in [-0.4, -0.2) is 37.1 Å². The fraction of sp³-hybridized carbons (Fsp3) is 0.579. The van der Waals surface area contributed by atoms with Crippen LogP contribution < -0.4 is 4.74 Å². The van der Waals surface area contributed by atoms with Crippen LogP contribution in [0, 0.1) is 39.9 Å². The van der Waals surface area contributed by atoms with E-state index in [0.29, 0.717) is 0 Å². The van der Waals surface area contributed by atoms with Crippen LogP contribution in [-0.2, 0) is 19.1 Å². The Hall–Kier alpha value is -1.94. The summed E-state index contributed by atoms with van der Waals surface area (Å²) in [6, 6.07) is 0. The van der Waals surface area contributed by atoms with E-state index in [1.54, 1.807) is 20.8 Å². The van der Waals surface area contributed by atoms with Gasteiger partial charge < -0.3 is 14.2 Å². The zero-order valence-electron chi connectivity index (χ0n) is 16.6. The molecule has 30 heavy (non-hydrogen) atoms. The molecule has 1 aliphatic rings. The van der Waals surface area contributed by atoms with Gasteiger partial charge in [0, 0.05) is 17.9 Å². The predicted molar refractivity (Wildman–Crippen MR) is 94.4 cm³/mol. The maximum absolute atomic E-state index is 14.0. The van der Waals surface area contributed by atoms with Crippen molar-refractivity contribution in [3.63, 3.8) is 0 Å². The number of alkyl halides is 1. The van der Waals surface area contributed by atoms with Crippen molar-refractivity contribution in [3.8, 4) is 5.75 Å². The van der Waals surface area contributed by atoms with Gasteiger partial charge in [-0.1, -0.05) is 20.8 Å². The lowest BCUT2D eigenvalue weighted by molar-refractivity contribution is -0.194. The highest BCUT2D eigenvalue weighted by Gasteiger charge is 2.68. The molecule has 1 aromatic carbocycles. The molecule has 0 saturated heterocycles. The van der Waals surface area contributed by atoms with Crippen LogP contribution in [0.25, 0.3) is 0 Å². The van der Waals surface area contributed by atoms with E-state index in [9.17, 15) is 31.5 Å². The molecule has 1 aliphatic carbocycles. The second-order valence-electron chi connectivity index (χ2n) is 7.84. The SMILES string of the molecule is COC[C@]1(C)CC[C@@](OC(=O)CCl)(C(=O)Oc2c(F)c(F)c(F)c(F)c2F)C1(C)C. The topological polar surface area (TPSA) is 61.8 Å². The molecule has 1 saturated carbocycles. The summed E-state index contributed by atoms with van der Waals surface area (Å²) in [6.07, 6.45) is 0.104. The Labute approximate surface area is 174 Å². The number of esters is 2. The third kappa shape index (κ3) is 3.53. The molecule has 0 aromatic heterocycles. The first kappa shape index (κ1) is 24.3. The summed E-state index contributed by atoms with van der Waals surface area (Å²) in [5.41, 5.74) is -4.13. The van der Waals surface area contributed by atoms with Gasteiger partial charge in [0.05, 0.1) is 6.61 Å². The summed E-state index contributed by atoms with van der Waals surface area (Å²) < 4.78 is 83.4. The molecule has 1 fully saturated rings. The van der Waals surface area contributed by atoms with Gasteiger partial charge in [-0.15, -0.1) is 11.6 Å². The average molecular weight is 459 g/mol. The van der Waals surface area contributed by atoms with Gasteiger partial charge in [-0.25, -0.2) is 18.0 Å². The summed E-state index contributed by atoms with van der Waals surface area (Å²) in [4.78, 5) is 25.0. The van der Waals surface area contributed by atoms with E-state index in [1.807, 2.05) is 0 Å². The summed E-state index contributed by atoms with van der Waals surface area (Å²) >= 11 is 5.48. The second-order valence-corrected chi connectivity index (χ2v) is 8.11. The van der Waals surface area contributed by atoms with E-state index in [-0.39, 0.29) is 19.4 Å². The minimum absolute atomic E-state index is 0.121. The molecule has 1 aromatic rings. The van der Waals surface area contributed by atoms with Crippen molar-refractivity contribution in [2.24, 2.45) is 10.8 Å². The summed E-state index contributed by atoms with van der Waals surface area (Å²) in [6.45, 7) is 4.94. The Bertz CT molecular complexity index is 848. The number of methoxy groups -OCH3 is 1. The van der Waals surface area contributed by atoms with Crippen LogP contribution in [0.4, 0.5) is 22.0 Å². The highest BCUT2D eigenvalue weighted by Crippen LogP contribution is 2.60. The maximum atomic E-state index is 14.0. The smallest absolute Gasteiger partial charge is 0.356 e. The molecular weight excluding hydrogens is 439 g/mol. The Morgan fingerprint density at radius 2 is 1.43 bits per heavy atom. The Morgan fingerprint density at radius 1 is 0.933 bits per heavy atom. The highest BCUT2D eigenvalue weighted by molar-refractivity contribution is 6.26. The lowest BCUT2D eigenvalue weighted by atomic mass is 9.64. The van der Waals surface area contributed by atoms with Crippen LogP contribution in [0.1, 0.15) is 33.6 Å². The first-order chi connectivity index (χ1) is 13.8. The van der Waals surface area contributed by atoms with E-state index in [1.165, 1.54) is 7.11 Å². The van der Waals surface area contributed by atoms with E-state index in [0.717, 1.165) is 0 Å². The molecule has 0 heterocycles. The number of rotatable bonds is 6. The first-order valence-electron chi connectivity index (χ1n) is 8.80. The molecule has 0 unspecified atom stereocenters. The summed E-state index contributed by atoms with van der Waals surface area (Å²) in [5.74, 6) is -16.6. The third-order valence-corrected chi connectivity index (χ3v) is 6.32. The van der Waals surface area contributed by atoms with Gasteiger partial charge in [0.1, 0.15) is 5.88 Å². The standard InChI is InChI=1S/C19H20ClF5O5/c1-17(2)18(3,8-28-4)5-6-19(17,30-9(26)7-20)16(27)29-15-13(24)11(22)10(21)12(23)14(15)25/h5-8H2,1-4H3/t18-,19+/m0/s1. The molecule has 2 rings (SSSR count). The van der Waals surface area contributed by atoms with Crippen molar-refractivity contribution in [3.05, 3.63) is 29.1 Å². The molecule has 0 radical (unpaired) electrons. The number of carbonyl (C=O) groups excluding carboxylic acids is 2. The number of ether oxygens (including phenoxy) is 3. The quantitative estimate of drug-likeness (QED) is 0.159. The average Bonchev–Trinajstić information content (AvgIpc) is 2.89. The number of hydrogen-bond acceptors (Lipinski definition) is 5. The number of halogens is 6. The fourth-order valence-electron chi connectivity index (χ4n) is 3.78. The van der Waals surface area contributed by atoms with Crippen LogP contribution >= 0.6 is 11.6 Å². The van der Waals surface area contributed by atoms with Crippen LogP contribution in [0.2, 0.25) is 0 Å². The monoisotopic (exact) mass is 458 g/mol. The van der Waals surface area contributed by atoms with Gasteiger partial charge in [-0.2, -0.15) is 8.78 Å². The predicted octanol–water partition coefficient (Wildman–Crippen LogP) is 4.28. The van der Waals surface area contributed by atoms with E-state index >= 15 is 0 Å². The van der Waals surface area contributed by atoms with Crippen LogP contribution in [0.15, 0.2) is 0 Å². The number of hydrogen-bond donors (Lipinski definition) is 0. The molecule has 0 N–H and O–H groups in total. The van der Waals surface area contributed by atoms with Crippen LogP contribution in [0.5, 0.6) is 5.75 Å². The van der Waals surface area contributed by atoms with E-state index < -0.39 is 69.1 Å². The van der Waals surface area contributed by atoms with Crippen molar-refractivity contribution in [1.29, 1.82) is 0 Å². The van der Waals surface area contributed by atoms with E-state index in [2.05, 4.69) is 4.74 Å². The normalized spacial score (nSPS) is 25.3. The molecule has 0 spiro atoms. The summed E-state index contributed by atoms with van der Waals surface area (Å²) in [7, 11) is 1.42. The van der Waals surface area contributed by atoms with Crippen molar-refractivity contribution >= 4 is 23.5 Å². The van der Waals surface area contributed by atoms with Crippen molar-refractivity contribution in [2.75, 3.05) is 19.6 Å². The van der Waals surface area contributed by atoms with Gasteiger partial charge in [0.25, 0.3) is 0 Å². The van der Waals surface area contributed by atoms with Gasteiger partial charge >= 0.3 is 11.9 Å². The maximum Gasteiger partial charge on any atom is 0.356 e. The highest BCUT2D eigenvalue weighted by atomic mass is 35.5. The van der Waals surface area contributed by atoms with Crippen molar-refractivity contribution in [1.82, 2.24) is 0 Å². The number of benzene rings is 1. The van der Waals surface area contributed by atoms with Gasteiger partial charge in [0.2, 0.25) is 40.4 Å². The molecule has 0 amide bonds. The lowest BCUT2D eigenvalue weighted by Crippen LogP contribution is -2.57. The molecule has 168 valence electrons. The van der Waals surface area contributed by atoms with Crippen molar-refractivity contribution in [2.45, 2.75) is 39.2 Å². The zero-order valence-corrected chi connectivity index (χ0v) is 17.4. The molecular formula is C19H20ClF5O5. The number of carbonyl (C=O) groups is 2. The minimum atomic E-state index is -2.40. The summed E-state index contributed by atoms with van der Waals surface area (Å²) in [5, 5.41) is 0. The molecule has 0 bridgehead atoms. The lowest BCUT2D eigenvalue weighted by Gasteiger charge is -2.45. The van der Waals surface area contributed by atoms with Gasteiger partial charge in [0.15, 0.2) is 0 Å². The Morgan fingerprint density at radius 3 is 1.90 bits per heavy atom. The van der Waals surface area contributed by atoms with Crippen molar-refractivity contribution < 1.29 is 45.8 Å². The molecule has 2 atom stereocenters. The second kappa shape index (κ2) is 8.30. The van der Waals surface area contributed by atoms with Gasteiger partial charge in [-0.3, -0.25) is 4.79 Å². The zero-order chi connectivity index (χ0) is 23.1. The minimum Gasteiger partial charge on any atom is -0.445 e. The first-order valence-corrected chi connectivity index (χ1v) is 9.33. The van der Waals surface area contributed by atoms with E-state index in [4.69, 9.17) is 21.1 Å². The molecule has 0 aliphatic heterocycles. The molecule has 11 heteroatoms. The molecule has 5 nitrogen and oxygen atoms in total. The van der Waals surface area contributed by atoms with Crippen LogP contribution in [0.3, 0.4) is 0 Å². The Balaban J connectivity index is 2.58. The fourth-order valence-corrected chi connectivity index (χ4v) is 3.84. The largest absolute Gasteiger partial charge is 0.445 e. The third-order valence-electron chi connectivity index (χ3n) is 6.10. The Kier molecular flexibility index (Phi) is 6.73. The van der Waals surface area contributed by atoms with Gasteiger partial charge in [-0.05, 0) is 12.8 Å².